The van der Waals surface area contributed by atoms with Gasteiger partial charge in [-0.2, -0.15) is 5.26 Å². The fourth-order valence-electron chi connectivity index (χ4n) is 1.79. The number of anilines is 2. The lowest BCUT2D eigenvalue weighted by Crippen LogP contribution is -2.02. The molecule has 0 spiro atoms. The number of hydrogen-bond acceptors (Lipinski definition) is 4. The normalized spacial score (nSPS) is 9.68. The second-order valence-electron chi connectivity index (χ2n) is 4.12. The van der Waals surface area contributed by atoms with Crippen LogP contribution in [-0.4, -0.2) is 7.11 Å². The summed E-state index contributed by atoms with van der Waals surface area (Å²) in [6, 6.07) is 15.2. The number of hydrogen-bond donors (Lipinski definition) is 2. The topological polar surface area (TPSA) is 71.1 Å². The molecule has 0 unspecified atom stereocenters. The molecule has 0 radical (unpaired) electrons. The van der Waals surface area contributed by atoms with Gasteiger partial charge in [-0.25, -0.2) is 0 Å². The predicted molar refractivity (Wildman–Crippen MR) is 75.9 cm³/mol. The minimum absolute atomic E-state index is 0.544. The average molecular weight is 253 g/mol. The molecule has 0 amide bonds. The lowest BCUT2D eigenvalue weighted by atomic mass is 10.1. The van der Waals surface area contributed by atoms with Gasteiger partial charge in [0.05, 0.1) is 18.4 Å². The number of nitrogens with zero attached hydrogens (tertiary/aromatic N) is 1. The Bertz CT molecular complexity index is 617. The molecule has 2 aromatic rings. The molecule has 0 heterocycles. The maximum Gasteiger partial charge on any atom is 0.119 e. The monoisotopic (exact) mass is 253 g/mol. The second kappa shape index (κ2) is 5.78. The summed E-state index contributed by atoms with van der Waals surface area (Å²) in [6.07, 6.45) is 0. The number of nitrogens with two attached hydrogens (primary N) is 1. The molecule has 4 heteroatoms. The molecule has 0 saturated heterocycles. The third-order valence-corrected chi connectivity index (χ3v) is 2.78. The van der Waals surface area contributed by atoms with Crippen molar-refractivity contribution in [3.8, 4) is 11.8 Å². The van der Waals surface area contributed by atoms with Crippen LogP contribution in [0.4, 0.5) is 11.4 Å². The van der Waals surface area contributed by atoms with Crippen LogP contribution in [0.25, 0.3) is 0 Å². The van der Waals surface area contributed by atoms with Crippen molar-refractivity contribution in [3.05, 3.63) is 53.6 Å². The van der Waals surface area contributed by atoms with Crippen LogP contribution < -0.4 is 15.8 Å². The highest BCUT2D eigenvalue weighted by Gasteiger charge is 2.02. The van der Waals surface area contributed by atoms with Gasteiger partial charge in [-0.05, 0) is 35.9 Å². The Balaban J connectivity index is 2.12. The van der Waals surface area contributed by atoms with Gasteiger partial charge in [-0.1, -0.05) is 12.1 Å². The third kappa shape index (κ3) is 3.17. The first-order valence-electron chi connectivity index (χ1n) is 5.89. The van der Waals surface area contributed by atoms with Gasteiger partial charge in [0.1, 0.15) is 11.8 Å². The van der Waals surface area contributed by atoms with Gasteiger partial charge in [0, 0.05) is 12.2 Å². The molecular weight excluding hydrogens is 238 g/mol. The van der Waals surface area contributed by atoms with Crippen molar-refractivity contribution in [2.45, 2.75) is 6.54 Å². The quantitative estimate of drug-likeness (QED) is 0.822. The summed E-state index contributed by atoms with van der Waals surface area (Å²) in [5.41, 5.74) is 8.64. The number of ether oxygens (including phenoxy) is 1. The summed E-state index contributed by atoms with van der Waals surface area (Å²) >= 11 is 0. The second-order valence-corrected chi connectivity index (χ2v) is 4.12. The maximum absolute atomic E-state index is 9.06. The van der Waals surface area contributed by atoms with Crippen LogP contribution in [0.15, 0.2) is 42.5 Å². The molecule has 0 bridgehead atoms. The van der Waals surface area contributed by atoms with E-state index in [1.54, 1.807) is 19.2 Å². The van der Waals surface area contributed by atoms with Crippen molar-refractivity contribution in [1.29, 1.82) is 5.26 Å². The van der Waals surface area contributed by atoms with Gasteiger partial charge >= 0.3 is 0 Å². The van der Waals surface area contributed by atoms with Gasteiger partial charge in [0.15, 0.2) is 0 Å². The van der Waals surface area contributed by atoms with Crippen LogP contribution in [0.3, 0.4) is 0 Å². The standard InChI is InChI=1S/C15H15N3O/c1-19-14-4-2-3-11(7-14)10-18-15-6-5-13(17)8-12(15)9-16/h2-8,18H,10,17H2,1H3. The molecule has 3 N–H and O–H groups in total. The lowest BCUT2D eigenvalue weighted by Gasteiger charge is -2.09. The number of nitriles is 1. The Morgan fingerprint density at radius 1 is 1.26 bits per heavy atom. The first-order valence-corrected chi connectivity index (χ1v) is 5.89. The van der Waals surface area contributed by atoms with Crippen LogP contribution in [-0.2, 0) is 6.54 Å². The Hall–Kier alpha value is -2.67. The van der Waals surface area contributed by atoms with E-state index in [9.17, 15) is 0 Å². The van der Waals surface area contributed by atoms with E-state index in [1.807, 2.05) is 30.3 Å². The highest BCUT2D eigenvalue weighted by atomic mass is 16.5. The van der Waals surface area contributed by atoms with Crippen LogP contribution in [0.5, 0.6) is 5.75 Å². The highest BCUT2D eigenvalue weighted by Crippen LogP contribution is 2.19. The van der Waals surface area contributed by atoms with Crippen molar-refractivity contribution in [2.75, 3.05) is 18.2 Å². The summed E-state index contributed by atoms with van der Waals surface area (Å²) in [5.74, 6) is 0.817. The Morgan fingerprint density at radius 2 is 2.11 bits per heavy atom. The van der Waals surface area contributed by atoms with Gasteiger partial charge in [-0.15, -0.1) is 0 Å². The summed E-state index contributed by atoms with van der Waals surface area (Å²) in [5, 5.41) is 12.3. The molecule has 96 valence electrons. The highest BCUT2D eigenvalue weighted by molar-refractivity contribution is 5.63. The lowest BCUT2D eigenvalue weighted by molar-refractivity contribution is 0.414. The molecular formula is C15H15N3O. The SMILES string of the molecule is COc1cccc(CNc2ccc(N)cc2C#N)c1. The van der Waals surface area contributed by atoms with E-state index >= 15 is 0 Å². The average Bonchev–Trinajstić information content (AvgIpc) is 2.46. The van der Waals surface area contributed by atoms with E-state index in [0.717, 1.165) is 17.0 Å². The molecule has 19 heavy (non-hydrogen) atoms. The number of benzene rings is 2. The maximum atomic E-state index is 9.06. The fourth-order valence-corrected chi connectivity index (χ4v) is 1.79. The predicted octanol–water partition coefficient (Wildman–Crippen LogP) is 2.76. The van der Waals surface area contributed by atoms with Crippen molar-refractivity contribution >= 4 is 11.4 Å². The summed E-state index contributed by atoms with van der Waals surface area (Å²) in [7, 11) is 1.64. The van der Waals surface area contributed by atoms with E-state index in [0.29, 0.717) is 17.8 Å². The molecule has 0 aliphatic carbocycles. The van der Waals surface area contributed by atoms with E-state index < -0.39 is 0 Å². The molecule has 0 atom stereocenters. The fraction of sp³-hybridized carbons (Fsp3) is 0.133. The molecule has 0 aliphatic heterocycles. The van der Waals surface area contributed by atoms with Crippen LogP contribution in [0, 0.1) is 11.3 Å². The van der Waals surface area contributed by atoms with Crippen LogP contribution in [0.2, 0.25) is 0 Å². The molecule has 4 nitrogen and oxygen atoms in total. The van der Waals surface area contributed by atoms with Gasteiger partial charge < -0.3 is 15.8 Å². The zero-order chi connectivity index (χ0) is 13.7. The Labute approximate surface area is 112 Å². The smallest absolute Gasteiger partial charge is 0.119 e. The first kappa shape index (κ1) is 12.8. The Kier molecular flexibility index (Phi) is 3.89. The molecule has 0 aromatic heterocycles. The Morgan fingerprint density at radius 3 is 2.84 bits per heavy atom. The molecule has 0 aliphatic rings. The van der Waals surface area contributed by atoms with Crippen molar-refractivity contribution < 1.29 is 4.74 Å². The third-order valence-electron chi connectivity index (χ3n) is 2.78. The number of methoxy groups -OCH3 is 1. The van der Waals surface area contributed by atoms with Crippen molar-refractivity contribution in [1.82, 2.24) is 0 Å². The van der Waals surface area contributed by atoms with Gasteiger partial charge in [0.25, 0.3) is 0 Å². The van der Waals surface area contributed by atoms with Crippen LogP contribution in [0.1, 0.15) is 11.1 Å². The number of nitrogens with one attached hydrogen (secondary N) is 1. The molecule has 0 fully saturated rings. The van der Waals surface area contributed by atoms with Crippen molar-refractivity contribution in [2.24, 2.45) is 0 Å². The van der Waals surface area contributed by atoms with E-state index in [-0.39, 0.29) is 0 Å². The summed E-state index contributed by atoms with van der Waals surface area (Å²) in [6.45, 7) is 0.621. The number of nitrogen functional groups attached to an aromatic ring is 1. The van der Waals surface area contributed by atoms with E-state index in [1.165, 1.54) is 0 Å². The largest absolute Gasteiger partial charge is 0.497 e. The minimum Gasteiger partial charge on any atom is -0.497 e. The van der Waals surface area contributed by atoms with Crippen LogP contribution >= 0.6 is 0 Å². The molecule has 2 aromatic carbocycles. The molecule has 2 rings (SSSR count). The first-order chi connectivity index (χ1) is 9.22. The van der Waals surface area contributed by atoms with Gasteiger partial charge in [-0.3, -0.25) is 0 Å². The van der Waals surface area contributed by atoms with E-state index in [2.05, 4.69) is 11.4 Å². The summed E-state index contributed by atoms with van der Waals surface area (Å²) < 4.78 is 5.17. The summed E-state index contributed by atoms with van der Waals surface area (Å²) in [4.78, 5) is 0. The van der Waals surface area contributed by atoms with E-state index in [4.69, 9.17) is 15.7 Å². The number of rotatable bonds is 4. The minimum atomic E-state index is 0.544. The van der Waals surface area contributed by atoms with Crippen molar-refractivity contribution in [3.63, 3.8) is 0 Å². The zero-order valence-electron chi connectivity index (χ0n) is 10.7. The zero-order valence-corrected chi connectivity index (χ0v) is 10.7. The molecule has 0 saturated carbocycles. The van der Waals surface area contributed by atoms with Gasteiger partial charge in [0.2, 0.25) is 0 Å².